The van der Waals surface area contributed by atoms with Gasteiger partial charge in [0.15, 0.2) is 5.65 Å². The molecule has 2 heterocycles. The molecule has 0 aliphatic heterocycles. The smallest absolute Gasteiger partial charge is 0.280 e. The van der Waals surface area contributed by atoms with E-state index in [1.807, 2.05) is 0 Å². The first-order chi connectivity index (χ1) is 8.59. The van der Waals surface area contributed by atoms with E-state index in [0.717, 1.165) is 12.8 Å². The normalized spacial score (nSPS) is 11.0. The number of carbonyl (C=O) groups excluding carboxylic acids is 1. The number of nitrogens with zero attached hydrogens (tertiary/aromatic N) is 5. The van der Waals surface area contributed by atoms with Gasteiger partial charge in [-0.25, -0.2) is 9.36 Å². The Morgan fingerprint density at radius 3 is 2.89 bits per heavy atom. The molecule has 0 N–H and O–H groups in total. The van der Waals surface area contributed by atoms with Crippen molar-refractivity contribution in [3.05, 3.63) is 16.6 Å². The number of fused-ring (bicyclic) bond motifs is 1. The Bertz CT molecular complexity index is 628. The van der Waals surface area contributed by atoms with E-state index >= 15 is 0 Å². The lowest BCUT2D eigenvalue weighted by Gasteiger charge is -2.02. The van der Waals surface area contributed by atoms with Gasteiger partial charge >= 0.3 is 0 Å². The molecule has 0 bridgehead atoms. The highest BCUT2D eigenvalue weighted by molar-refractivity contribution is 5.75. The molecular formula is C11H15N5O2. The molecule has 0 saturated heterocycles. The van der Waals surface area contributed by atoms with Gasteiger partial charge < -0.3 is 4.79 Å². The molecule has 2 aromatic heterocycles. The van der Waals surface area contributed by atoms with Gasteiger partial charge in [0.25, 0.3) is 5.56 Å². The van der Waals surface area contributed by atoms with Gasteiger partial charge in [-0.05, 0) is 19.8 Å². The Kier molecular flexibility index (Phi) is 3.50. The molecule has 0 amide bonds. The van der Waals surface area contributed by atoms with Crippen molar-refractivity contribution in [1.82, 2.24) is 24.8 Å². The summed E-state index contributed by atoms with van der Waals surface area (Å²) >= 11 is 0. The van der Waals surface area contributed by atoms with Crippen LogP contribution in [0.2, 0.25) is 0 Å². The number of hydrogen-bond donors (Lipinski definition) is 0. The quantitative estimate of drug-likeness (QED) is 0.711. The minimum Gasteiger partial charge on any atom is -0.300 e. The summed E-state index contributed by atoms with van der Waals surface area (Å²) in [7, 11) is 1.72. The summed E-state index contributed by atoms with van der Waals surface area (Å²) in [4.78, 5) is 22.8. The number of ketones is 1. The zero-order chi connectivity index (χ0) is 13.1. The number of aromatic nitrogens is 5. The predicted octanol–water partition coefficient (Wildman–Crippen LogP) is 0.284. The van der Waals surface area contributed by atoms with Gasteiger partial charge in [0, 0.05) is 20.0 Å². The number of hydrogen-bond acceptors (Lipinski definition) is 5. The number of aryl methyl sites for hydroxylation is 2. The first-order valence-electron chi connectivity index (χ1n) is 5.84. The van der Waals surface area contributed by atoms with Crippen molar-refractivity contribution in [2.24, 2.45) is 7.05 Å². The fraction of sp³-hybridized carbons (Fsp3) is 0.545. The molecule has 0 aliphatic carbocycles. The fourth-order valence-electron chi connectivity index (χ4n) is 1.76. The van der Waals surface area contributed by atoms with E-state index in [0.29, 0.717) is 24.0 Å². The maximum atomic E-state index is 12.0. The molecule has 2 rings (SSSR count). The third-order valence-corrected chi connectivity index (χ3v) is 2.77. The molecule has 0 spiro atoms. The van der Waals surface area contributed by atoms with Crippen molar-refractivity contribution in [2.75, 3.05) is 0 Å². The van der Waals surface area contributed by atoms with Gasteiger partial charge in [0.2, 0.25) is 0 Å². The van der Waals surface area contributed by atoms with Crippen molar-refractivity contribution in [1.29, 1.82) is 0 Å². The van der Waals surface area contributed by atoms with E-state index in [-0.39, 0.29) is 11.3 Å². The van der Waals surface area contributed by atoms with Crippen LogP contribution >= 0.6 is 0 Å². The van der Waals surface area contributed by atoms with Crippen LogP contribution in [0.15, 0.2) is 11.0 Å². The molecule has 18 heavy (non-hydrogen) atoms. The molecule has 0 fully saturated rings. The van der Waals surface area contributed by atoms with Gasteiger partial charge in [0.05, 0.1) is 6.20 Å². The number of rotatable bonds is 5. The summed E-state index contributed by atoms with van der Waals surface area (Å²) in [6.07, 6.45) is 3.53. The highest BCUT2D eigenvalue weighted by Gasteiger charge is 2.08. The SMILES string of the molecule is CC(=O)CCCCn1nnc2c(cnn2C)c1=O. The van der Waals surface area contributed by atoms with Crippen LogP contribution in [0.1, 0.15) is 26.2 Å². The standard InChI is InChI=1S/C11H15N5O2/c1-8(17)5-3-4-6-16-11(18)9-7-12-15(2)10(9)13-14-16/h7H,3-6H2,1-2H3. The number of carbonyl (C=O) groups is 1. The van der Waals surface area contributed by atoms with E-state index in [4.69, 9.17) is 0 Å². The summed E-state index contributed by atoms with van der Waals surface area (Å²) in [5.41, 5.74) is 0.302. The van der Waals surface area contributed by atoms with Crippen molar-refractivity contribution < 1.29 is 4.79 Å². The average molecular weight is 249 g/mol. The van der Waals surface area contributed by atoms with Gasteiger partial charge in [-0.3, -0.25) is 4.79 Å². The van der Waals surface area contributed by atoms with Crippen LogP contribution in [0.25, 0.3) is 11.0 Å². The Hall–Kier alpha value is -2.05. The molecule has 0 atom stereocenters. The van der Waals surface area contributed by atoms with E-state index in [2.05, 4.69) is 15.4 Å². The fourth-order valence-corrected chi connectivity index (χ4v) is 1.76. The summed E-state index contributed by atoms with van der Waals surface area (Å²) in [5, 5.41) is 12.3. The molecule has 0 radical (unpaired) electrons. The highest BCUT2D eigenvalue weighted by atomic mass is 16.1. The Balaban J connectivity index is 2.12. The molecule has 2 aromatic rings. The van der Waals surface area contributed by atoms with Crippen LogP contribution in [0.3, 0.4) is 0 Å². The first kappa shape index (κ1) is 12.4. The van der Waals surface area contributed by atoms with Crippen molar-refractivity contribution >= 4 is 16.8 Å². The van der Waals surface area contributed by atoms with Gasteiger partial charge in [-0.1, -0.05) is 5.21 Å². The minimum absolute atomic E-state index is 0.163. The van der Waals surface area contributed by atoms with E-state index in [9.17, 15) is 9.59 Å². The van der Waals surface area contributed by atoms with Crippen LogP contribution in [0, 0.1) is 0 Å². The second kappa shape index (κ2) is 5.07. The lowest BCUT2D eigenvalue weighted by Crippen LogP contribution is -2.24. The van der Waals surface area contributed by atoms with Crippen molar-refractivity contribution in [3.63, 3.8) is 0 Å². The zero-order valence-electron chi connectivity index (χ0n) is 10.5. The van der Waals surface area contributed by atoms with Crippen LogP contribution in [0.5, 0.6) is 0 Å². The molecule has 0 saturated carbocycles. The second-order valence-electron chi connectivity index (χ2n) is 4.28. The van der Waals surface area contributed by atoms with Gasteiger partial charge in [0.1, 0.15) is 11.2 Å². The molecule has 0 aromatic carbocycles. The average Bonchev–Trinajstić information content (AvgIpc) is 2.70. The molecule has 96 valence electrons. The van der Waals surface area contributed by atoms with Crippen molar-refractivity contribution in [3.8, 4) is 0 Å². The first-order valence-corrected chi connectivity index (χ1v) is 5.84. The van der Waals surface area contributed by atoms with Crippen LogP contribution in [-0.2, 0) is 18.4 Å². The Morgan fingerprint density at radius 2 is 2.17 bits per heavy atom. The third-order valence-electron chi connectivity index (χ3n) is 2.77. The van der Waals surface area contributed by atoms with Crippen LogP contribution in [-0.4, -0.2) is 30.6 Å². The lowest BCUT2D eigenvalue weighted by molar-refractivity contribution is -0.117. The summed E-state index contributed by atoms with van der Waals surface area (Å²) < 4.78 is 2.84. The molecule has 7 nitrogen and oxygen atoms in total. The Labute approximate surface area is 103 Å². The summed E-state index contributed by atoms with van der Waals surface area (Å²) in [5.74, 6) is 0.163. The monoisotopic (exact) mass is 249 g/mol. The molecule has 0 aliphatic rings. The maximum absolute atomic E-state index is 12.0. The highest BCUT2D eigenvalue weighted by Crippen LogP contribution is 2.03. The lowest BCUT2D eigenvalue weighted by atomic mass is 10.2. The number of Topliss-reactive ketones (excluding diaryl/α,β-unsaturated/α-hetero) is 1. The molecule has 0 unspecified atom stereocenters. The largest absolute Gasteiger partial charge is 0.300 e. The van der Waals surface area contributed by atoms with Gasteiger partial charge in [-0.2, -0.15) is 5.10 Å². The predicted molar refractivity (Wildman–Crippen MR) is 65.1 cm³/mol. The van der Waals surface area contributed by atoms with Gasteiger partial charge in [-0.15, -0.1) is 5.10 Å². The van der Waals surface area contributed by atoms with E-state index in [1.54, 1.807) is 14.0 Å². The second-order valence-corrected chi connectivity index (χ2v) is 4.28. The van der Waals surface area contributed by atoms with Crippen LogP contribution < -0.4 is 5.56 Å². The summed E-state index contributed by atoms with van der Waals surface area (Å²) in [6.45, 7) is 2.04. The zero-order valence-corrected chi connectivity index (χ0v) is 10.5. The summed E-state index contributed by atoms with van der Waals surface area (Å²) in [6, 6.07) is 0. The number of unbranched alkanes of at least 4 members (excludes halogenated alkanes) is 1. The molecule has 7 heteroatoms. The Morgan fingerprint density at radius 1 is 1.39 bits per heavy atom. The van der Waals surface area contributed by atoms with E-state index in [1.165, 1.54) is 15.6 Å². The molecular weight excluding hydrogens is 234 g/mol. The third kappa shape index (κ3) is 2.44. The topological polar surface area (TPSA) is 82.7 Å². The minimum atomic E-state index is -0.184. The van der Waals surface area contributed by atoms with Crippen molar-refractivity contribution in [2.45, 2.75) is 32.7 Å². The van der Waals surface area contributed by atoms with E-state index < -0.39 is 0 Å². The van der Waals surface area contributed by atoms with Crippen LogP contribution in [0.4, 0.5) is 0 Å². The maximum Gasteiger partial charge on any atom is 0.280 e.